The summed E-state index contributed by atoms with van der Waals surface area (Å²) in [5.74, 6) is 0.718. The number of hydrogen-bond donors (Lipinski definition) is 1. The first kappa shape index (κ1) is 12.6. The van der Waals surface area contributed by atoms with Crippen molar-refractivity contribution >= 4 is 5.91 Å². The van der Waals surface area contributed by atoms with Crippen molar-refractivity contribution in [1.82, 2.24) is 25.2 Å². The van der Waals surface area contributed by atoms with Crippen molar-refractivity contribution in [2.75, 3.05) is 13.1 Å². The number of aromatic nitrogens is 3. The molecule has 1 N–H and O–H groups in total. The van der Waals surface area contributed by atoms with Crippen LogP contribution in [0.4, 0.5) is 0 Å². The Hall–Kier alpha value is -1.43. The van der Waals surface area contributed by atoms with E-state index in [4.69, 9.17) is 0 Å². The average molecular weight is 263 g/mol. The van der Waals surface area contributed by atoms with E-state index in [1.54, 1.807) is 4.68 Å². The Kier molecular flexibility index (Phi) is 3.26. The van der Waals surface area contributed by atoms with Gasteiger partial charge in [0.1, 0.15) is 6.54 Å². The van der Waals surface area contributed by atoms with Gasteiger partial charge in [-0.15, -0.1) is 5.10 Å². The summed E-state index contributed by atoms with van der Waals surface area (Å²) in [6.45, 7) is 6.06. The number of hydrogen-bond acceptors (Lipinski definition) is 4. The van der Waals surface area contributed by atoms with Crippen LogP contribution >= 0.6 is 0 Å². The van der Waals surface area contributed by atoms with Crippen LogP contribution in [0.5, 0.6) is 0 Å². The SMILES string of the molecule is C[C@@H]1CN(C(=O)Cn2cc(C3CC3)nn2)C[C@@H](C)N1. The molecule has 0 aromatic carbocycles. The predicted molar refractivity (Wildman–Crippen MR) is 70.6 cm³/mol. The topological polar surface area (TPSA) is 63.1 Å². The summed E-state index contributed by atoms with van der Waals surface area (Å²) in [6.07, 6.45) is 4.34. The van der Waals surface area contributed by atoms with Gasteiger partial charge in [0.25, 0.3) is 0 Å². The van der Waals surface area contributed by atoms with Gasteiger partial charge in [-0.05, 0) is 26.7 Å². The largest absolute Gasteiger partial charge is 0.338 e. The first-order valence-electron chi connectivity index (χ1n) is 7.05. The lowest BCUT2D eigenvalue weighted by Crippen LogP contribution is -2.56. The lowest BCUT2D eigenvalue weighted by molar-refractivity contribution is -0.133. The van der Waals surface area contributed by atoms with E-state index in [-0.39, 0.29) is 5.91 Å². The van der Waals surface area contributed by atoms with E-state index in [1.165, 1.54) is 12.8 Å². The Bertz CT molecular complexity index is 457. The summed E-state index contributed by atoms with van der Waals surface area (Å²) < 4.78 is 1.67. The predicted octanol–water partition coefficient (Wildman–Crippen LogP) is 0.364. The van der Waals surface area contributed by atoms with Crippen molar-refractivity contribution in [3.05, 3.63) is 11.9 Å². The summed E-state index contributed by atoms with van der Waals surface area (Å²) in [4.78, 5) is 14.2. The van der Waals surface area contributed by atoms with E-state index in [1.807, 2.05) is 11.1 Å². The van der Waals surface area contributed by atoms with Crippen molar-refractivity contribution in [3.63, 3.8) is 0 Å². The molecule has 1 aromatic rings. The molecule has 2 aliphatic rings. The van der Waals surface area contributed by atoms with Gasteiger partial charge in [-0.1, -0.05) is 5.21 Å². The number of carbonyl (C=O) groups is 1. The first-order valence-corrected chi connectivity index (χ1v) is 7.05. The van der Waals surface area contributed by atoms with E-state index in [9.17, 15) is 4.79 Å². The van der Waals surface area contributed by atoms with Crippen molar-refractivity contribution in [1.29, 1.82) is 0 Å². The number of nitrogens with zero attached hydrogens (tertiary/aromatic N) is 4. The van der Waals surface area contributed by atoms with E-state index < -0.39 is 0 Å². The number of nitrogens with one attached hydrogen (secondary N) is 1. The van der Waals surface area contributed by atoms with Crippen LogP contribution in [0, 0.1) is 0 Å². The van der Waals surface area contributed by atoms with Gasteiger partial charge < -0.3 is 10.2 Å². The standard InChI is InChI=1S/C13H21N5O/c1-9-5-17(6-10(2)14-9)13(19)8-18-7-12(15-16-18)11-3-4-11/h7,9-11,14H,3-6,8H2,1-2H3/t9-,10-/m1/s1. The Morgan fingerprint density at radius 3 is 2.68 bits per heavy atom. The fourth-order valence-electron chi connectivity index (χ4n) is 2.73. The monoisotopic (exact) mass is 263 g/mol. The van der Waals surface area contributed by atoms with Gasteiger partial charge in [0, 0.05) is 37.3 Å². The number of carbonyl (C=O) groups excluding carboxylic acids is 1. The van der Waals surface area contributed by atoms with Gasteiger partial charge in [0.2, 0.25) is 5.91 Å². The molecule has 0 unspecified atom stereocenters. The molecule has 1 saturated heterocycles. The molecular weight excluding hydrogens is 242 g/mol. The molecule has 1 aromatic heterocycles. The highest BCUT2D eigenvalue weighted by Crippen LogP contribution is 2.38. The fourth-order valence-corrected chi connectivity index (χ4v) is 2.73. The third kappa shape index (κ3) is 2.94. The van der Waals surface area contributed by atoms with Gasteiger partial charge in [-0.25, -0.2) is 4.68 Å². The minimum Gasteiger partial charge on any atom is -0.338 e. The zero-order valence-electron chi connectivity index (χ0n) is 11.5. The van der Waals surface area contributed by atoms with Crippen LogP contribution < -0.4 is 5.32 Å². The minimum absolute atomic E-state index is 0.132. The van der Waals surface area contributed by atoms with E-state index in [0.717, 1.165) is 18.8 Å². The van der Waals surface area contributed by atoms with E-state index >= 15 is 0 Å². The van der Waals surface area contributed by atoms with Crippen LogP contribution in [0.2, 0.25) is 0 Å². The van der Waals surface area contributed by atoms with E-state index in [0.29, 0.717) is 24.5 Å². The van der Waals surface area contributed by atoms with Crippen LogP contribution in [-0.4, -0.2) is 51.0 Å². The quantitative estimate of drug-likeness (QED) is 0.855. The highest BCUT2D eigenvalue weighted by Gasteiger charge is 2.28. The molecular formula is C13H21N5O. The lowest BCUT2D eigenvalue weighted by atomic mass is 10.1. The average Bonchev–Trinajstić information content (AvgIpc) is 3.09. The highest BCUT2D eigenvalue weighted by atomic mass is 16.2. The number of piperazine rings is 1. The van der Waals surface area contributed by atoms with Crippen LogP contribution in [0.25, 0.3) is 0 Å². The third-order valence-corrected chi connectivity index (χ3v) is 3.76. The summed E-state index contributed by atoms with van der Waals surface area (Å²) in [7, 11) is 0. The zero-order valence-corrected chi connectivity index (χ0v) is 11.5. The summed E-state index contributed by atoms with van der Waals surface area (Å²) in [6, 6.07) is 0.705. The zero-order chi connectivity index (χ0) is 13.4. The van der Waals surface area contributed by atoms with Crippen LogP contribution in [0.15, 0.2) is 6.20 Å². The van der Waals surface area contributed by atoms with Crippen molar-refractivity contribution < 1.29 is 4.79 Å². The lowest BCUT2D eigenvalue weighted by Gasteiger charge is -2.36. The molecule has 6 nitrogen and oxygen atoms in total. The Labute approximate surface area is 113 Å². The molecule has 0 radical (unpaired) electrons. The van der Waals surface area contributed by atoms with Gasteiger partial charge in [-0.3, -0.25) is 4.79 Å². The molecule has 2 atom stereocenters. The third-order valence-electron chi connectivity index (χ3n) is 3.76. The summed E-state index contributed by atoms with van der Waals surface area (Å²) in [5, 5.41) is 11.6. The Morgan fingerprint density at radius 1 is 1.37 bits per heavy atom. The molecule has 1 aliphatic heterocycles. The molecule has 1 amide bonds. The second-order valence-electron chi connectivity index (χ2n) is 5.88. The van der Waals surface area contributed by atoms with Gasteiger partial charge in [0.05, 0.1) is 5.69 Å². The second kappa shape index (κ2) is 4.92. The van der Waals surface area contributed by atoms with Crippen molar-refractivity contribution in [2.24, 2.45) is 0 Å². The molecule has 0 bridgehead atoms. The number of rotatable bonds is 3. The molecule has 2 heterocycles. The normalized spacial score (nSPS) is 27.6. The summed E-state index contributed by atoms with van der Waals surface area (Å²) in [5.41, 5.74) is 1.04. The van der Waals surface area contributed by atoms with E-state index in [2.05, 4.69) is 29.5 Å². The smallest absolute Gasteiger partial charge is 0.244 e. The van der Waals surface area contributed by atoms with Gasteiger partial charge in [-0.2, -0.15) is 0 Å². The minimum atomic E-state index is 0.132. The summed E-state index contributed by atoms with van der Waals surface area (Å²) >= 11 is 0. The van der Waals surface area contributed by atoms with Crippen LogP contribution in [0.3, 0.4) is 0 Å². The molecule has 104 valence electrons. The second-order valence-corrected chi connectivity index (χ2v) is 5.88. The van der Waals surface area contributed by atoms with Crippen molar-refractivity contribution in [3.8, 4) is 0 Å². The number of amides is 1. The van der Waals surface area contributed by atoms with Crippen molar-refractivity contribution in [2.45, 2.75) is 51.2 Å². The Morgan fingerprint density at radius 2 is 2.05 bits per heavy atom. The van der Waals surface area contributed by atoms with Crippen LogP contribution in [-0.2, 0) is 11.3 Å². The molecule has 1 saturated carbocycles. The van der Waals surface area contributed by atoms with Gasteiger partial charge in [0.15, 0.2) is 0 Å². The molecule has 3 rings (SSSR count). The Balaban J connectivity index is 1.60. The molecule has 6 heteroatoms. The maximum absolute atomic E-state index is 12.3. The molecule has 19 heavy (non-hydrogen) atoms. The molecule has 2 fully saturated rings. The first-order chi connectivity index (χ1) is 9.11. The highest BCUT2D eigenvalue weighted by molar-refractivity contribution is 5.76. The molecule has 1 aliphatic carbocycles. The van der Waals surface area contributed by atoms with Crippen LogP contribution in [0.1, 0.15) is 38.3 Å². The van der Waals surface area contributed by atoms with Gasteiger partial charge >= 0.3 is 0 Å². The maximum atomic E-state index is 12.3. The molecule has 0 spiro atoms. The fraction of sp³-hybridized carbons (Fsp3) is 0.769. The maximum Gasteiger partial charge on any atom is 0.244 e.